The largest absolute Gasteiger partial charge is 0.508 e. The summed E-state index contributed by atoms with van der Waals surface area (Å²) in [5.74, 6) is 1.28. The van der Waals surface area contributed by atoms with Crippen LogP contribution in [0.5, 0.6) is 5.75 Å². The van der Waals surface area contributed by atoms with Crippen molar-refractivity contribution in [1.29, 1.82) is 0 Å². The molecule has 1 N–H and O–H groups in total. The molecule has 98 valence electrons. The van der Waals surface area contributed by atoms with E-state index < -0.39 is 0 Å². The number of hydrogen-bond donors (Lipinski definition) is 1. The SMILES string of the molecule is Cc1cc(C(=O)N2CCSC(C)(C)C2)ccc1O. The molecule has 1 aromatic rings. The van der Waals surface area contributed by atoms with Gasteiger partial charge in [0.15, 0.2) is 0 Å². The van der Waals surface area contributed by atoms with E-state index in [0.29, 0.717) is 5.56 Å². The maximum Gasteiger partial charge on any atom is 0.253 e. The van der Waals surface area contributed by atoms with E-state index >= 15 is 0 Å². The summed E-state index contributed by atoms with van der Waals surface area (Å²) in [6, 6.07) is 5.04. The fraction of sp³-hybridized carbons (Fsp3) is 0.500. The fourth-order valence-corrected chi connectivity index (χ4v) is 3.27. The Kier molecular flexibility index (Phi) is 3.57. The van der Waals surface area contributed by atoms with Crippen molar-refractivity contribution >= 4 is 17.7 Å². The lowest BCUT2D eigenvalue weighted by Crippen LogP contribution is -2.46. The van der Waals surface area contributed by atoms with E-state index in [9.17, 15) is 9.90 Å². The van der Waals surface area contributed by atoms with Crippen molar-refractivity contribution in [1.82, 2.24) is 4.90 Å². The van der Waals surface area contributed by atoms with Crippen LogP contribution in [0.3, 0.4) is 0 Å². The summed E-state index contributed by atoms with van der Waals surface area (Å²) in [7, 11) is 0. The standard InChI is InChI=1S/C14H19NO2S/c1-10-8-11(4-5-12(10)16)13(17)15-6-7-18-14(2,3)9-15/h4-5,8,16H,6-7,9H2,1-3H3. The minimum atomic E-state index is 0.0616. The number of aromatic hydroxyl groups is 1. The zero-order chi connectivity index (χ0) is 13.3. The van der Waals surface area contributed by atoms with Crippen LogP contribution in [0, 0.1) is 6.92 Å². The third-order valence-electron chi connectivity index (χ3n) is 3.16. The van der Waals surface area contributed by atoms with Crippen molar-refractivity contribution in [3.05, 3.63) is 29.3 Å². The van der Waals surface area contributed by atoms with Gasteiger partial charge in [0.1, 0.15) is 5.75 Å². The zero-order valence-corrected chi connectivity index (χ0v) is 11.9. The van der Waals surface area contributed by atoms with Gasteiger partial charge in [0.2, 0.25) is 0 Å². The number of thioether (sulfide) groups is 1. The summed E-state index contributed by atoms with van der Waals surface area (Å²) >= 11 is 1.91. The van der Waals surface area contributed by atoms with Crippen LogP contribution < -0.4 is 0 Å². The topological polar surface area (TPSA) is 40.5 Å². The number of rotatable bonds is 1. The van der Waals surface area contributed by atoms with Crippen molar-refractivity contribution in [2.24, 2.45) is 0 Å². The maximum atomic E-state index is 12.4. The molecule has 0 aromatic heterocycles. The Hall–Kier alpha value is -1.16. The Balaban J connectivity index is 2.18. The lowest BCUT2D eigenvalue weighted by atomic mass is 10.1. The minimum absolute atomic E-state index is 0.0616. The monoisotopic (exact) mass is 265 g/mol. The summed E-state index contributed by atoms with van der Waals surface area (Å²) in [4.78, 5) is 14.3. The first kappa shape index (κ1) is 13.3. The van der Waals surface area contributed by atoms with Crippen LogP contribution in [0.15, 0.2) is 18.2 Å². The van der Waals surface area contributed by atoms with Crippen molar-refractivity contribution in [3.8, 4) is 5.75 Å². The molecule has 1 aromatic carbocycles. The van der Waals surface area contributed by atoms with Gasteiger partial charge >= 0.3 is 0 Å². The molecule has 4 heteroatoms. The van der Waals surface area contributed by atoms with E-state index in [2.05, 4.69) is 13.8 Å². The molecule has 2 rings (SSSR count). The highest BCUT2D eigenvalue weighted by Crippen LogP contribution is 2.30. The second-order valence-electron chi connectivity index (χ2n) is 5.34. The van der Waals surface area contributed by atoms with Crippen molar-refractivity contribution in [2.45, 2.75) is 25.5 Å². The summed E-state index contributed by atoms with van der Waals surface area (Å²) < 4.78 is 0.125. The number of phenols is 1. The number of carbonyl (C=O) groups is 1. The Morgan fingerprint density at radius 3 is 2.78 bits per heavy atom. The van der Waals surface area contributed by atoms with Gasteiger partial charge in [-0.15, -0.1) is 0 Å². The van der Waals surface area contributed by atoms with Gasteiger partial charge in [-0.2, -0.15) is 11.8 Å². The summed E-state index contributed by atoms with van der Waals surface area (Å²) in [6.45, 7) is 7.71. The molecule has 1 aliphatic rings. The molecule has 0 saturated carbocycles. The molecule has 1 heterocycles. The van der Waals surface area contributed by atoms with Crippen LogP contribution in [-0.4, -0.2) is 39.5 Å². The van der Waals surface area contributed by atoms with E-state index in [1.54, 1.807) is 18.2 Å². The highest BCUT2D eigenvalue weighted by Gasteiger charge is 2.30. The Morgan fingerprint density at radius 2 is 2.17 bits per heavy atom. The maximum absolute atomic E-state index is 12.4. The molecule has 0 bridgehead atoms. The molecule has 0 aliphatic carbocycles. The third-order valence-corrected chi connectivity index (χ3v) is 4.45. The number of amides is 1. The Bertz CT molecular complexity index is 471. The van der Waals surface area contributed by atoms with E-state index in [1.807, 2.05) is 23.6 Å². The molecule has 3 nitrogen and oxygen atoms in total. The first-order valence-electron chi connectivity index (χ1n) is 6.12. The van der Waals surface area contributed by atoms with Crippen molar-refractivity contribution in [2.75, 3.05) is 18.8 Å². The van der Waals surface area contributed by atoms with E-state index in [0.717, 1.165) is 24.4 Å². The first-order valence-corrected chi connectivity index (χ1v) is 7.10. The van der Waals surface area contributed by atoms with Gasteiger partial charge in [0.25, 0.3) is 5.91 Å². The van der Waals surface area contributed by atoms with Crippen LogP contribution in [0.2, 0.25) is 0 Å². The number of nitrogens with zero attached hydrogens (tertiary/aromatic N) is 1. The van der Waals surface area contributed by atoms with Crippen molar-refractivity contribution in [3.63, 3.8) is 0 Å². The molecular formula is C14H19NO2S. The normalized spacial score (nSPS) is 18.7. The van der Waals surface area contributed by atoms with Crippen LogP contribution in [0.1, 0.15) is 29.8 Å². The molecule has 1 fully saturated rings. The van der Waals surface area contributed by atoms with Crippen LogP contribution >= 0.6 is 11.8 Å². The number of aryl methyl sites for hydroxylation is 1. The lowest BCUT2D eigenvalue weighted by molar-refractivity contribution is 0.0748. The Labute approximate surface area is 112 Å². The molecular weight excluding hydrogens is 246 g/mol. The quantitative estimate of drug-likeness (QED) is 0.848. The predicted molar refractivity (Wildman–Crippen MR) is 75.3 cm³/mol. The molecule has 0 spiro atoms. The van der Waals surface area contributed by atoms with Crippen molar-refractivity contribution < 1.29 is 9.90 Å². The van der Waals surface area contributed by atoms with Crippen LogP contribution in [0.25, 0.3) is 0 Å². The summed E-state index contributed by atoms with van der Waals surface area (Å²) in [6.07, 6.45) is 0. The first-order chi connectivity index (χ1) is 8.39. The molecule has 0 atom stereocenters. The Morgan fingerprint density at radius 1 is 1.44 bits per heavy atom. The highest BCUT2D eigenvalue weighted by molar-refractivity contribution is 8.00. The molecule has 1 aliphatic heterocycles. The third kappa shape index (κ3) is 2.80. The second kappa shape index (κ2) is 4.84. The van der Waals surface area contributed by atoms with E-state index in [1.165, 1.54) is 0 Å². The predicted octanol–water partition coefficient (Wildman–Crippen LogP) is 2.67. The molecule has 1 amide bonds. The number of benzene rings is 1. The van der Waals surface area contributed by atoms with E-state index in [4.69, 9.17) is 0 Å². The van der Waals surface area contributed by atoms with E-state index in [-0.39, 0.29) is 16.4 Å². The van der Waals surface area contributed by atoms with Crippen LogP contribution in [0.4, 0.5) is 0 Å². The highest BCUT2D eigenvalue weighted by atomic mass is 32.2. The number of hydrogen-bond acceptors (Lipinski definition) is 3. The lowest BCUT2D eigenvalue weighted by Gasteiger charge is -2.37. The van der Waals surface area contributed by atoms with Gasteiger partial charge in [-0.25, -0.2) is 0 Å². The summed E-state index contributed by atoms with van der Waals surface area (Å²) in [5, 5.41) is 9.49. The van der Waals surface area contributed by atoms with Gasteiger partial charge in [0.05, 0.1) is 0 Å². The van der Waals surface area contributed by atoms with Gasteiger partial charge in [0, 0.05) is 29.2 Å². The summed E-state index contributed by atoms with van der Waals surface area (Å²) in [5.41, 5.74) is 1.40. The average Bonchev–Trinajstić information content (AvgIpc) is 2.30. The number of phenolic OH excluding ortho intramolecular Hbond substituents is 1. The smallest absolute Gasteiger partial charge is 0.253 e. The minimum Gasteiger partial charge on any atom is -0.508 e. The molecule has 1 saturated heterocycles. The molecule has 0 unspecified atom stereocenters. The van der Waals surface area contributed by atoms with Gasteiger partial charge in [-0.3, -0.25) is 4.79 Å². The molecule has 0 radical (unpaired) electrons. The van der Waals surface area contributed by atoms with Gasteiger partial charge in [-0.1, -0.05) is 0 Å². The fourth-order valence-electron chi connectivity index (χ4n) is 2.16. The molecule has 18 heavy (non-hydrogen) atoms. The van der Waals surface area contributed by atoms with Gasteiger partial charge in [-0.05, 0) is 44.5 Å². The van der Waals surface area contributed by atoms with Gasteiger partial charge < -0.3 is 10.0 Å². The average molecular weight is 265 g/mol. The second-order valence-corrected chi connectivity index (χ2v) is 7.14. The zero-order valence-electron chi connectivity index (χ0n) is 11.1. The van der Waals surface area contributed by atoms with Crippen LogP contribution in [-0.2, 0) is 0 Å². The number of carbonyl (C=O) groups excluding carboxylic acids is 1.